The zero-order valence-electron chi connectivity index (χ0n) is 13.3. The van der Waals surface area contributed by atoms with Crippen LogP contribution in [0.1, 0.15) is 32.8 Å². The minimum absolute atomic E-state index is 0.228. The molecule has 0 amide bonds. The Hall–Kier alpha value is -1.06. The van der Waals surface area contributed by atoms with Crippen LogP contribution in [0.2, 0.25) is 0 Å². The van der Waals surface area contributed by atoms with E-state index in [0.29, 0.717) is 5.41 Å². The third-order valence-corrected chi connectivity index (χ3v) is 3.83. The predicted molar refractivity (Wildman–Crippen MR) is 84.1 cm³/mol. The van der Waals surface area contributed by atoms with Gasteiger partial charge in [-0.25, -0.2) is 0 Å². The van der Waals surface area contributed by atoms with Crippen LogP contribution >= 0.6 is 0 Å². The first-order valence-electron chi connectivity index (χ1n) is 7.62. The molecule has 0 radical (unpaired) electrons. The Morgan fingerprint density at radius 1 is 1.40 bits per heavy atom. The standard InChI is InChI=1S/C17H28N2O/c1-14(2)20-16-7-5-6-15(10-16)11-19(4)13-17(3)8-9-18-12-17/h5-7,10,14,18H,8-9,11-13H2,1-4H3. The van der Waals surface area contributed by atoms with E-state index in [1.165, 1.54) is 12.0 Å². The molecule has 1 aliphatic rings. The van der Waals surface area contributed by atoms with Gasteiger partial charge < -0.3 is 15.0 Å². The summed E-state index contributed by atoms with van der Waals surface area (Å²) in [6.45, 7) is 10.9. The molecule has 112 valence electrons. The summed E-state index contributed by atoms with van der Waals surface area (Å²) in [6.07, 6.45) is 1.50. The van der Waals surface area contributed by atoms with Crippen molar-refractivity contribution in [1.29, 1.82) is 0 Å². The topological polar surface area (TPSA) is 24.5 Å². The largest absolute Gasteiger partial charge is 0.491 e. The van der Waals surface area contributed by atoms with Crippen LogP contribution in [0.15, 0.2) is 24.3 Å². The molecule has 20 heavy (non-hydrogen) atoms. The molecule has 1 saturated heterocycles. The van der Waals surface area contributed by atoms with Crippen molar-refractivity contribution in [3.8, 4) is 5.75 Å². The number of nitrogens with one attached hydrogen (secondary N) is 1. The molecule has 3 nitrogen and oxygen atoms in total. The van der Waals surface area contributed by atoms with Gasteiger partial charge >= 0.3 is 0 Å². The Morgan fingerprint density at radius 2 is 2.20 bits per heavy atom. The molecule has 1 heterocycles. The van der Waals surface area contributed by atoms with Gasteiger partial charge in [-0.05, 0) is 57.0 Å². The molecule has 1 fully saturated rings. The van der Waals surface area contributed by atoms with Crippen LogP contribution in [-0.2, 0) is 6.54 Å². The molecule has 0 saturated carbocycles. The minimum atomic E-state index is 0.228. The van der Waals surface area contributed by atoms with Crippen molar-refractivity contribution < 1.29 is 4.74 Å². The van der Waals surface area contributed by atoms with E-state index in [1.807, 2.05) is 6.07 Å². The molecular formula is C17H28N2O. The second-order valence-electron chi connectivity index (χ2n) is 6.72. The maximum Gasteiger partial charge on any atom is 0.120 e. The smallest absolute Gasteiger partial charge is 0.120 e. The number of nitrogens with zero attached hydrogens (tertiary/aromatic N) is 1. The van der Waals surface area contributed by atoms with E-state index in [2.05, 4.69) is 56.2 Å². The summed E-state index contributed by atoms with van der Waals surface area (Å²) < 4.78 is 5.76. The van der Waals surface area contributed by atoms with Gasteiger partial charge in [-0.3, -0.25) is 0 Å². The monoisotopic (exact) mass is 276 g/mol. The molecule has 0 bridgehead atoms. The van der Waals surface area contributed by atoms with Gasteiger partial charge in [0.25, 0.3) is 0 Å². The van der Waals surface area contributed by atoms with E-state index in [-0.39, 0.29) is 6.10 Å². The molecule has 1 aromatic carbocycles. The van der Waals surface area contributed by atoms with Gasteiger partial charge in [-0.15, -0.1) is 0 Å². The summed E-state index contributed by atoms with van der Waals surface area (Å²) in [6, 6.07) is 8.45. The number of benzene rings is 1. The van der Waals surface area contributed by atoms with Crippen LogP contribution in [0.4, 0.5) is 0 Å². The van der Waals surface area contributed by atoms with Crippen molar-refractivity contribution >= 4 is 0 Å². The normalized spacial score (nSPS) is 22.7. The molecule has 1 aliphatic heterocycles. The van der Waals surface area contributed by atoms with Crippen molar-refractivity contribution in [2.24, 2.45) is 5.41 Å². The summed E-state index contributed by atoms with van der Waals surface area (Å²) >= 11 is 0. The van der Waals surface area contributed by atoms with Crippen molar-refractivity contribution in [3.05, 3.63) is 29.8 Å². The van der Waals surface area contributed by atoms with Gasteiger partial charge in [0.1, 0.15) is 5.75 Å². The summed E-state index contributed by atoms with van der Waals surface area (Å²) in [5.41, 5.74) is 1.74. The highest BCUT2D eigenvalue weighted by Crippen LogP contribution is 2.26. The Morgan fingerprint density at radius 3 is 2.85 bits per heavy atom. The lowest BCUT2D eigenvalue weighted by molar-refractivity contribution is 0.203. The zero-order valence-corrected chi connectivity index (χ0v) is 13.3. The van der Waals surface area contributed by atoms with Crippen molar-refractivity contribution in [2.75, 3.05) is 26.7 Å². The van der Waals surface area contributed by atoms with E-state index in [4.69, 9.17) is 4.74 Å². The van der Waals surface area contributed by atoms with Crippen LogP contribution in [0.5, 0.6) is 5.75 Å². The van der Waals surface area contributed by atoms with Crippen molar-refractivity contribution in [3.63, 3.8) is 0 Å². The van der Waals surface area contributed by atoms with Gasteiger partial charge in [-0.1, -0.05) is 19.1 Å². The average Bonchev–Trinajstić information content (AvgIpc) is 2.74. The first kappa shape index (κ1) is 15.3. The van der Waals surface area contributed by atoms with E-state index >= 15 is 0 Å². The first-order valence-corrected chi connectivity index (χ1v) is 7.62. The van der Waals surface area contributed by atoms with Crippen LogP contribution in [-0.4, -0.2) is 37.7 Å². The highest BCUT2D eigenvalue weighted by molar-refractivity contribution is 5.28. The fourth-order valence-electron chi connectivity index (χ4n) is 3.01. The Bertz CT molecular complexity index is 425. The molecule has 1 atom stereocenters. The Labute approximate surface area is 123 Å². The van der Waals surface area contributed by atoms with Gasteiger partial charge in [0, 0.05) is 19.6 Å². The second-order valence-corrected chi connectivity index (χ2v) is 6.72. The number of hydrogen-bond donors (Lipinski definition) is 1. The van der Waals surface area contributed by atoms with Crippen LogP contribution < -0.4 is 10.1 Å². The number of hydrogen-bond acceptors (Lipinski definition) is 3. The fourth-order valence-corrected chi connectivity index (χ4v) is 3.01. The molecule has 2 rings (SSSR count). The fraction of sp³-hybridized carbons (Fsp3) is 0.647. The maximum absolute atomic E-state index is 5.76. The summed E-state index contributed by atoms with van der Waals surface area (Å²) in [5.74, 6) is 0.972. The molecule has 1 N–H and O–H groups in total. The minimum Gasteiger partial charge on any atom is -0.491 e. The van der Waals surface area contributed by atoms with Gasteiger partial charge in [-0.2, -0.15) is 0 Å². The lowest BCUT2D eigenvalue weighted by Crippen LogP contribution is -2.34. The van der Waals surface area contributed by atoms with Crippen molar-refractivity contribution in [2.45, 2.75) is 39.8 Å². The number of ether oxygens (including phenoxy) is 1. The lowest BCUT2D eigenvalue weighted by atomic mass is 9.89. The molecule has 0 aromatic heterocycles. The SMILES string of the molecule is CC(C)Oc1cccc(CN(C)CC2(C)CCNC2)c1. The number of rotatable bonds is 6. The third-order valence-electron chi connectivity index (χ3n) is 3.83. The molecule has 0 aliphatic carbocycles. The van der Waals surface area contributed by atoms with E-state index in [1.54, 1.807) is 0 Å². The van der Waals surface area contributed by atoms with E-state index in [9.17, 15) is 0 Å². The van der Waals surface area contributed by atoms with Gasteiger partial charge in [0.05, 0.1) is 6.10 Å². The third kappa shape index (κ3) is 4.50. The van der Waals surface area contributed by atoms with Crippen molar-refractivity contribution in [1.82, 2.24) is 10.2 Å². The second kappa shape index (κ2) is 6.59. The van der Waals surface area contributed by atoms with Gasteiger partial charge in [0.2, 0.25) is 0 Å². The van der Waals surface area contributed by atoms with Crippen LogP contribution in [0, 0.1) is 5.41 Å². The molecular weight excluding hydrogens is 248 g/mol. The Balaban J connectivity index is 1.91. The molecule has 3 heteroatoms. The highest BCUT2D eigenvalue weighted by Gasteiger charge is 2.29. The van der Waals surface area contributed by atoms with Crippen LogP contribution in [0.25, 0.3) is 0 Å². The van der Waals surface area contributed by atoms with E-state index in [0.717, 1.165) is 31.9 Å². The summed E-state index contributed by atoms with van der Waals surface area (Å²) in [7, 11) is 2.21. The van der Waals surface area contributed by atoms with Crippen LogP contribution in [0.3, 0.4) is 0 Å². The Kier molecular flexibility index (Phi) is 5.06. The average molecular weight is 276 g/mol. The molecule has 1 aromatic rings. The first-order chi connectivity index (χ1) is 9.47. The quantitative estimate of drug-likeness (QED) is 0.864. The maximum atomic E-state index is 5.76. The summed E-state index contributed by atoms with van der Waals surface area (Å²) in [5, 5.41) is 3.47. The molecule has 1 unspecified atom stereocenters. The summed E-state index contributed by atoms with van der Waals surface area (Å²) in [4.78, 5) is 2.42. The predicted octanol–water partition coefficient (Wildman–Crippen LogP) is 2.91. The van der Waals surface area contributed by atoms with Gasteiger partial charge in [0.15, 0.2) is 0 Å². The van der Waals surface area contributed by atoms with E-state index < -0.39 is 0 Å². The highest BCUT2D eigenvalue weighted by atomic mass is 16.5. The molecule has 0 spiro atoms. The zero-order chi connectivity index (χ0) is 14.6. The lowest BCUT2D eigenvalue weighted by Gasteiger charge is -2.29.